The van der Waals surface area contributed by atoms with E-state index in [9.17, 15) is 9.59 Å². The van der Waals surface area contributed by atoms with Gasteiger partial charge in [0.1, 0.15) is 0 Å². The van der Waals surface area contributed by atoms with Gasteiger partial charge in [0.2, 0.25) is 0 Å². The molecule has 4 heteroatoms. The number of epoxide rings is 1. The minimum atomic E-state index is -0.879. The molecule has 4 nitrogen and oxygen atoms in total. The third kappa shape index (κ3) is 1.16. The van der Waals surface area contributed by atoms with Gasteiger partial charge in [-0.3, -0.25) is 9.59 Å². The van der Waals surface area contributed by atoms with Crippen LogP contribution in [0, 0.1) is 23.7 Å². The molecule has 4 rings (SSSR count). The fourth-order valence-corrected chi connectivity index (χ4v) is 4.94. The molecule has 4 aliphatic rings. The minimum absolute atomic E-state index is 0.00394. The van der Waals surface area contributed by atoms with Crippen molar-refractivity contribution in [2.24, 2.45) is 23.7 Å². The van der Waals surface area contributed by atoms with Crippen molar-refractivity contribution >= 4 is 11.8 Å². The van der Waals surface area contributed by atoms with E-state index in [4.69, 9.17) is 9.47 Å². The molecule has 1 spiro atoms. The summed E-state index contributed by atoms with van der Waals surface area (Å²) in [4.78, 5) is 24.9. The van der Waals surface area contributed by atoms with Crippen molar-refractivity contribution in [3.05, 3.63) is 0 Å². The number of rotatable bonds is 0. The average Bonchev–Trinajstić information content (AvgIpc) is 2.97. The summed E-state index contributed by atoms with van der Waals surface area (Å²) in [5.41, 5.74) is -1.12. The molecule has 2 saturated carbocycles. The monoisotopic (exact) mass is 264 g/mol. The molecule has 0 aromatic carbocycles. The molecule has 104 valence electrons. The number of ketones is 1. The molecule has 19 heavy (non-hydrogen) atoms. The summed E-state index contributed by atoms with van der Waals surface area (Å²) >= 11 is 0. The second kappa shape index (κ2) is 3.22. The summed E-state index contributed by atoms with van der Waals surface area (Å²) < 4.78 is 11.6. The zero-order chi connectivity index (χ0) is 13.6. The van der Waals surface area contributed by atoms with Crippen molar-refractivity contribution in [1.29, 1.82) is 0 Å². The van der Waals surface area contributed by atoms with Crippen molar-refractivity contribution in [3.8, 4) is 0 Å². The maximum atomic E-state index is 12.8. The summed E-state index contributed by atoms with van der Waals surface area (Å²) in [7, 11) is 0. The molecule has 0 bridgehead atoms. The third-order valence-electron chi connectivity index (χ3n) is 6.17. The van der Waals surface area contributed by atoms with Crippen molar-refractivity contribution in [3.63, 3.8) is 0 Å². The predicted molar refractivity (Wildman–Crippen MR) is 66.3 cm³/mol. The molecule has 2 heterocycles. The molecule has 7 atom stereocenters. The Balaban J connectivity index is 1.86. The van der Waals surface area contributed by atoms with Crippen LogP contribution in [0.2, 0.25) is 0 Å². The van der Waals surface area contributed by atoms with E-state index in [2.05, 4.69) is 6.92 Å². The first-order valence-electron chi connectivity index (χ1n) is 7.36. The average molecular weight is 264 g/mol. The lowest BCUT2D eigenvalue weighted by Gasteiger charge is -2.48. The normalized spacial score (nSPS) is 59.0. The Morgan fingerprint density at radius 3 is 2.68 bits per heavy atom. The van der Waals surface area contributed by atoms with Gasteiger partial charge in [0.25, 0.3) is 0 Å². The van der Waals surface area contributed by atoms with Gasteiger partial charge in [0.15, 0.2) is 11.4 Å². The smallest absolute Gasteiger partial charge is 0.310 e. The van der Waals surface area contributed by atoms with Crippen LogP contribution in [0.5, 0.6) is 0 Å². The summed E-state index contributed by atoms with van der Waals surface area (Å²) in [6.07, 6.45) is 2.82. The fraction of sp³-hybridized carbons (Fsp3) is 0.867. The Hall–Kier alpha value is -0.900. The first-order valence-corrected chi connectivity index (χ1v) is 7.36. The lowest BCUT2D eigenvalue weighted by atomic mass is 9.55. The zero-order valence-electron chi connectivity index (χ0n) is 11.6. The Labute approximate surface area is 112 Å². The molecule has 2 unspecified atom stereocenters. The molecular weight excluding hydrogens is 244 g/mol. The molecule has 2 aliphatic heterocycles. The highest BCUT2D eigenvalue weighted by molar-refractivity contribution is 5.96. The highest BCUT2D eigenvalue weighted by atomic mass is 16.6. The van der Waals surface area contributed by atoms with Gasteiger partial charge in [0.05, 0.1) is 17.6 Å². The van der Waals surface area contributed by atoms with Gasteiger partial charge in [-0.25, -0.2) is 0 Å². The fourth-order valence-electron chi connectivity index (χ4n) is 4.94. The van der Waals surface area contributed by atoms with E-state index in [1.807, 2.05) is 13.8 Å². The lowest BCUT2D eigenvalue weighted by Crippen LogP contribution is -2.62. The molecule has 2 saturated heterocycles. The summed E-state index contributed by atoms with van der Waals surface area (Å²) in [6, 6.07) is 0. The van der Waals surface area contributed by atoms with Crippen LogP contribution in [-0.4, -0.2) is 29.1 Å². The van der Waals surface area contributed by atoms with Gasteiger partial charge >= 0.3 is 5.97 Å². The standard InChI is InChI=1S/C15H20O4/c1-7-4-5-10-14(3)11(18-14)6-9-8(2)13(17)19-15(9,10)12(7)16/h7-11H,4-6H2,1-3H3/t7-,8+,9+,10+,11?,14?,15+/m1/s1. The first-order chi connectivity index (χ1) is 8.91. The quantitative estimate of drug-likeness (QED) is 0.493. The first kappa shape index (κ1) is 11.9. The molecule has 0 amide bonds. The van der Waals surface area contributed by atoms with Gasteiger partial charge in [-0.2, -0.15) is 0 Å². The molecule has 0 radical (unpaired) electrons. The number of fused-ring (bicyclic) bond motifs is 2. The number of Topliss-reactive ketones (excluding diaryl/α,β-unsaturated/α-hetero) is 1. The van der Waals surface area contributed by atoms with Gasteiger partial charge in [-0.1, -0.05) is 13.8 Å². The van der Waals surface area contributed by atoms with Crippen LogP contribution in [0.3, 0.4) is 0 Å². The maximum Gasteiger partial charge on any atom is 0.310 e. The molecule has 4 fully saturated rings. The van der Waals surface area contributed by atoms with E-state index in [-0.39, 0.29) is 47.1 Å². The molecular formula is C15H20O4. The van der Waals surface area contributed by atoms with E-state index in [0.717, 1.165) is 19.3 Å². The van der Waals surface area contributed by atoms with Crippen molar-refractivity contribution < 1.29 is 19.1 Å². The Morgan fingerprint density at radius 2 is 1.95 bits per heavy atom. The van der Waals surface area contributed by atoms with Gasteiger partial charge in [-0.15, -0.1) is 0 Å². The van der Waals surface area contributed by atoms with E-state index in [1.54, 1.807) is 0 Å². The second-order valence-electron chi connectivity index (χ2n) is 7.03. The number of carbonyl (C=O) groups is 2. The van der Waals surface area contributed by atoms with Gasteiger partial charge in [-0.05, 0) is 26.2 Å². The highest BCUT2D eigenvalue weighted by Gasteiger charge is 2.77. The maximum absolute atomic E-state index is 12.8. The number of ether oxygens (including phenoxy) is 2. The van der Waals surface area contributed by atoms with Crippen LogP contribution < -0.4 is 0 Å². The topological polar surface area (TPSA) is 55.9 Å². The number of hydrogen-bond acceptors (Lipinski definition) is 4. The van der Waals surface area contributed by atoms with Gasteiger partial charge < -0.3 is 9.47 Å². The second-order valence-corrected chi connectivity index (χ2v) is 7.03. The summed E-state index contributed by atoms with van der Waals surface area (Å²) in [6.45, 7) is 5.94. The molecule has 2 aliphatic carbocycles. The van der Waals surface area contributed by atoms with E-state index in [1.165, 1.54) is 0 Å². The Bertz CT molecular complexity index is 487. The van der Waals surface area contributed by atoms with E-state index < -0.39 is 5.60 Å². The molecule has 0 aromatic heterocycles. The van der Waals surface area contributed by atoms with Crippen molar-refractivity contribution in [2.75, 3.05) is 0 Å². The van der Waals surface area contributed by atoms with Crippen molar-refractivity contribution in [2.45, 2.75) is 57.3 Å². The predicted octanol–water partition coefficient (Wildman–Crippen LogP) is 1.71. The zero-order valence-corrected chi connectivity index (χ0v) is 11.6. The number of hydrogen-bond donors (Lipinski definition) is 0. The largest absolute Gasteiger partial charge is 0.450 e. The Morgan fingerprint density at radius 1 is 1.21 bits per heavy atom. The van der Waals surface area contributed by atoms with Crippen LogP contribution in [0.4, 0.5) is 0 Å². The van der Waals surface area contributed by atoms with Gasteiger partial charge in [0, 0.05) is 17.8 Å². The van der Waals surface area contributed by atoms with Crippen LogP contribution in [0.25, 0.3) is 0 Å². The minimum Gasteiger partial charge on any atom is -0.450 e. The van der Waals surface area contributed by atoms with Crippen LogP contribution in [0.1, 0.15) is 40.0 Å². The third-order valence-corrected chi connectivity index (χ3v) is 6.17. The summed E-state index contributed by atoms with van der Waals surface area (Å²) in [5, 5.41) is 0. The van der Waals surface area contributed by atoms with Crippen LogP contribution in [-0.2, 0) is 19.1 Å². The summed E-state index contributed by atoms with van der Waals surface area (Å²) in [5.74, 6) is -0.160. The SMILES string of the molecule is C[C@@H]1CC[C@H]2C3(C)OC3C[C@H]3[C@H](C)C(=O)O[C@@]32C1=O. The highest BCUT2D eigenvalue weighted by Crippen LogP contribution is 2.65. The van der Waals surface area contributed by atoms with Crippen LogP contribution in [0.15, 0.2) is 0 Å². The molecule has 0 aromatic rings. The number of carbonyl (C=O) groups excluding carboxylic acids is 2. The molecule has 0 N–H and O–H groups in total. The number of esters is 1. The van der Waals surface area contributed by atoms with E-state index in [0.29, 0.717) is 0 Å². The lowest BCUT2D eigenvalue weighted by molar-refractivity contribution is -0.178. The van der Waals surface area contributed by atoms with E-state index >= 15 is 0 Å². The van der Waals surface area contributed by atoms with Crippen molar-refractivity contribution in [1.82, 2.24) is 0 Å². The van der Waals surface area contributed by atoms with Crippen LogP contribution >= 0.6 is 0 Å². The Kier molecular flexibility index (Phi) is 2.01.